The maximum absolute atomic E-state index is 12.9. The third-order valence-corrected chi connectivity index (χ3v) is 6.62. The molecule has 1 aliphatic heterocycles. The molecule has 1 fully saturated rings. The largest absolute Gasteiger partial charge is 0.456 e. The van der Waals surface area contributed by atoms with Crippen molar-refractivity contribution in [2.45, 2.75) is 26.6 Å². The number of alkyl halides is 3. The number of ether oxygens (including phenoxy) is 1. The number of hydrogen-bond donors (Lipinski definition) is 2. The average Bonchev–Trinajstić information content (AvgIpc) is 3.15. The van der Waals surface area contributed by atoms with Crippen molar-refractivity contribution in [3.05, 3.63) is 91.4 Å². The van der Waals surface area contributed by atoms with Gasteiger partial charge in [0, 0.05) is 17.2 Å². The van der Waals surface area contributed by atoms with Crippen LogP contribution in [-0.2, 0) is 22.4 Å². The number of nitro groups is 1. The molecule has 2 N–H and O–H groups in total. The van der Waals surface area contributed by atoms with Crippen LogP contribution < -0.4 is 15.6 Å². The third-order valence-electron chi connectivity index (χ3n) is 5.97. The number of carbonyl (C=O) groups is 2. The van der Waals surface area contributed by atoms with Gasteiger partial charge in [-0.3, -0.25) is 35.4 Å². The second kappa shape index (κ2) is 11.4. The highest BCUT2D eigenvalue weighted by Crippen LogP contribution is 2.37. The topological polar surface area (TPSA) is 123 Å². The highest BCUT2D eigenvalue weighted by molar-refractivity contribution is 6.32. The summed E-state index contributed by atoms with van der Waals surface area (Å²) in [6, 6.07) is 10.3. The van der Waals surface area contributed by atoms with Gasteiger partial charge >= 0.3 is 6.18 Å². The highest BCUT2D eigenvalue weighted by atomic mass is 35.5. The smallest absolute Gasteiger partial charge is 0.416 e. The third kappa shape index (κ3) is 6.81. The van der Waals surface area contributed by atoms with Gasteiger partial charge in [0.15, 0.2) is 0 Å². The summed E-state index contributed by atoms with van der Waals surface area (Å²) in [6.45, 7) is 3.88. The van der Waals surface area contributed by atoms with Crippen LogP contribution in [0.3, 0.4) is 0 Å². The standard InChI is InChI=1S/C26H21Cl2F3N4O6/c1-25(2)13-40-34(24(25)37)12-14-3-5-16(10-19(14)27)32-33-23(36)18-11-17(6-7-21(18)35(38)39)41-22-8-4-15(9-20(22)28)26(29,30)31/h3-11,32H,12-13H2,1-2H3,(H,33,36). The van der Waals surface area contributed by atoms with Crippen molar-refractivity contribution in [1.29, 1.82) is 0 Å². The van der Waals surface area contributed by atoms with Gasteiger partial charge in [-0.05, 0) is 55.8 Å². The molecule has 1 aliphatic rings. The molecule has 0 saturated carbocycles. The van der Waals surface area contributed by atoms with Crippen molar-refractivity contribution in [2.24, 2.45) is 5.41 Å². The number of rotatable bonds is 8. The van der Waals surface area contributed by atoms with Gasteiger partial charge in [-0.1, -0.05) is 29.3 Å². The number of hydrogen-bond acceptors (Lipinski definition) is 7. The van der Waals surface area contributed by atoms with Gasteiger partial charge in [0.05, 0.1) is 39.8 Å². The van der Waals surface area contributed by atoms with Crippen molar-refractivity contribution in [3.8, 4) is 11.5 Å². The number of hydroxylamine groups is 2. The fourth-order valence-electron chi connectivity index (χ4n) is 3.73. The molecule has 0 spiro atoms. The molecule has 0 radical (unpaired) electrons. The quantitative estimate of drug-likeness (QED) is 0.212. The monoisotopic (exact) mass is 612 g/mol. The summed E-state index contributed by atoms with van der Waals surface area (Å²) >= 11 is 12.3. The maximum atomic E-state index is 12.9. The van der Waals surface area contributed by atoms with E-state index < -0.39 is 39.2 Å². The second-order valence-corrected chi connectivity index (χ2v) is 10.4. The first-order valence-electron chi connectivity index (χ1n) is 11.8. The Labute approximate surface area is 241 Å². The molecule has 0 atom stereocenters. The van der Waals surface area contributed by atoms with Crippen LogP contribution in [0.1, 0.15) is 35.3 Å². The van der Waals surface area contributed by atoms with Gasteiger partial charge in [0.25, 0.3) is 17.5 Å². The summed E-state index contributed by atoms with van der Waals surface area (Å²) in [5.74, 6) is -1.34. The molecule has 216 valence electrons. The van der Waals surface area contributed by atoms with Gasteiger partial charge in [-0.2, -0.15) is 13.2 Å². The number of benzene rings is 3. The minimum Gasteiger partial charge on any atom is -0.456 e. The Hall–Kier alpha value is -4.07. The minimum absolute atomic E-state index is 0.0864. The van der Waals surface area contributed by atoms with Gasteiger partial charge in [-0.15, -0.1) is 0 Å². The molecule has 4 rings (SSSR count). The first-order chi connectivity index (χ1) is 19.2. The zero-order valence-corrected chi connectivity index (χ0v) is 22.9. The van der Waals surface area contributed by atoms with Crippen molar-refractivity contribution in [3.63, 3.8) is 0 Å². The number of anilines is 1. The Kier molecular flexibility index (Phi) is 8.34. The Morgan fingerprint density at radius 1 is 1.12 bits per heavy atom. The molecule has 2 amide bonds. The number of nitrogens with zero attached hydrogens (tertiary/aromatic N) is 2. The fraction of sp³-hybridized carbons (Fsp3) is 0.231. The molecule has 41 heavy (non-hydrogen) atoms. The molecular weight excluding hydrogens is 592 g/mol. The molecule has 3 aromatic rings. The van der Waals surface area contributed by atoms with Crippen LogP contribution in [0, 0.1) is 15.5 Å². The number of nitro benzene ring substituents is 1. The van der Waals surface area contributed by atoms with Crippen LogP contribution in [0.2, 0.25) is 10.0 Å². The fourth-order valence-corrected chi connectivity index (χ4v) is 4.19. The van der Waals surface area contributed by atoms with Crippen molar-refractivity contribution in [2.75, 3.05) is 12.0 Å². The molecule has 0 bridgehead atoms. The molecule has 1 heterocycles. The lowest BCUT2D eigenvalue weighted by atomic mass is 9.95. The van der Waals surface area contributed by atoms with E-state index in [0.717, 1.165) is 24.3 Å². The zero-order chi connectivity index (χ0) is 30.1. The lowest BCUT2D eigenvalue weighted by Crippen LogP contribution is -2.31. The number of amides is 2. The van der Waals surface area contributed by atoms with Gasteiger partial charge < -0.3 is 4.74 Å². The van der Waals surface area contributed by atoms with Crippen LogP contribution in [0.4, 0.5) is 24.5 Å². The van der Waals surface area contributed by atoms with Crippen LogP contribution in [0.25, 0.3) is 0 Å². The SMILES string of the molecule is CC1(C)CON(Cc2ccc(NNC(=O)c3cc(Oc4ccc(C(F)(F)F)cc4Cl)ccc3[N+](=O)[O-])cc2Cl)C1=O. The van der Waals surface area contributed by atoms with Gasteiger partial charge in [-0.25, -0.2) is 5.06 Å². The molecule has 10 nitrogen and oxygen atoms in total. The van der Waals surface area contributed by atoms with E-state index >= 15 is 0 Å². The van der Waals surface area contributed by atoms with Gasteiger partial charge in [0.2, 0.25) is 0 Å². The number of halogens is 5. The number of hydrazine groups is 1. The van der Waals surface area contributed by atoms with E-state index in [-0.39, 0.29) is 40.6 Å². The Balaban J connectivity index is 1.47. The van der Waals surface area contributed by atoms with E-state index in [2.05, 4.69) is 10.9 Å². The van der Waals surface area contributed by atoms with E-state index in [0.29, 0.717) is 17.3 Å². The average molecular weight is 613 g/mol. The van der Waals surface area contributed by atoms with Crippen molar-refractivity contribution < 1.29 is 37.3 Å². The molecule has 1 saturated heterocycles. The first kappa shape index (κ1) is 29.9. The van der Waals surface area contributed by atoms with Gasteiger partial charge in [0.1, 0.15) is 17.1 Å². The minimum atomic E-state index is -4.61. The van der Waals surface area contributed by atoms with E-state index in [4.69, 9.17) is 32.8 Å². The normalized spacial score (nSPS) is 14.6. The summed E-state index contributed by atoms with van der Waals surface area (Å²) in [7, 11) is 0. The predicted molar refractivity (Wildman–Crippen MR) is 142 cm³/mol. The van der Waals surface area contributed by atoms with Crippen LogP contribution in [0.15, 0.2) is 54.6 Å². The molecule has 0 aliphatic carbocycles. The molecule has 3 aromatic carbocycles. The molecule has 0 unspecified atom stereocenters. The van der Waals surface area contributed by atoms with Crippen LogP contribution >= 0.6 is 23.2 Å². The van der Waals surface area contributed by atoms with E-state index in [9.17, 15) is 32.9 Å². The van der Waals surface area contributed by atoms with Crippen LogP contribution in [-0.4, -0.2) is 28.4 Å². The van der Waals surface area contributed by atoms with E-state index in [1.54, 1.807) is 26.0 Å². The molecule has 0 aromatic heterocycles. The summed E-state index contributed by atoms with van der Waals surface area (Å²) in [6.07, 6.45) is -4.61. The Morgan fingerprint density at radius 2 is 1.85 bits per heavy atom. The first-order valence-corrected chi connectivity index (χ1v) is 12.5. The summed E-state index contributed by atoms with van der Waals surface area (Å²) in [5, 5.41) is 12.7. The highest BCUT2D eigenvalue weighted by Gasteiger charge is 2.40. The van der Waals surface area contributed by atoms with E-state index in [1.165, 1.54) is 17.2 Å². The molecule has 15 heteroatoms. The molecular formula is C26H21Cl2F3N4O6. The Bertz CT molecular complexity index is 1530. The van der Waals surface area contributed by atoms with E-state index in [1.807, 2.05) is 0 Å². The number of carbonyl (C=O) groups excluding carboxylic acids is 2. The maximum Gasteiger partial charge on any atom is 0.416 e. The Morgan fingerprint density at radius 3 is 2.44 bits per heavy atom. The summed E-state index contributed by atoms with van der Waals surface area (Å²) in [5.41, 5.74) is 3.25. The summed E-state index contributed by atoms with van der Waals surface area (Å²) < 4.78 is 44.2. The number of nitrogens with one attached hydrogen (secondary N) is 2. The van der Waals surface area contributed by atoms with Crippen LogP contribution in [0.5, 0.6) is 11.5 Å². The van der Waals surface area contributed by atoms with Crippen molar-refractivity contribution in [1.82, 2.24) is 10.5 Å². The van der Waals surface area contributed by atoms with Crippen molar-refractivity contribution >= 4 is 46.4 Å². The lowest BCUT2D eigenvalue weighted by Gasteiger charge is -2.18. The zero-order valence-electron chi connectivity index (χ0n) is 21.3. The second-order valence-electron chi connectivity index (χ2n) is 9.57. The predicted octanol–water partition coefficient (Wildman–Crippen LogP) is 6.77. The lowest BCUT2D eigenvalue weighted by molar-refractivity contribution is -0.385. The summed E-state index contributed by atoms with van der Waals surface area (Å²) in [4.78, 5) is 41.4.